The van der Waals surface area contributed by atoms with Crippen molar-refractivity contribution < 1.29 is 31.5 Å². The number of fused-ring (bicyclic) bond motifs is 1. The van der Waals surface area contributed by atoms with Crippen molar-refractivity contribution in [1.82, 2.24) is 19.9 Å². The van der Waals surface area contributed by atoms with E-state index in [0.717, 1.165) is 17.5 Å². The molecule has 1 aliphatic rings. The molecule has 5 rings (SSSR count). The van der Waals surface area contributed by atoms with Crippen LogP contribution in [0.25, 0.3) is 22.0 Å². The third kappa shape index (κ3) is 6.58. The zero-order valence-electron chi connectivity index (χ0n) is 24.0. The molecule has 0 unspecified atom stereocenters. The second-order valence-electron chi connectivity index (χ2n) is 10.8. The Balaban J connectivity index is 1.45. The number of pyridine rings is 1. The van der Waals surface area contributed by atoms with Crippen molar-refractivity contribution in [3.8, 4) is 17.0 Å². The predicted octanol–water partition coefficient (Wildman–Crippen LogP) is 4.84. The third-order valence-corrected chi connectivity index (χ3v) is 8.02. The SMILES string of the molecule is COc1ncc(-c2ccc3ncnc(N4CCN(C(=O)OC(C)(C)C)CC4)c3c2)cc1S(=O)(=O)Nc1ccc(F)cc1F. The van der Waals surface area contributed by atoms with E-state index in [4.69, 9.17) is 9.47 Å². The normalized spacial score (nSPS) is 14.1. The van der Waals surface area contributed by atoms with Gasteiger partial charge in [-0.3, -0.25) is 4.72 Å². The molecule has 0 aliphatic carbocycles. The summed E-state index contributed by atoms with van der Waals surface area (Å²) in [5.74, 6) is -1.45. The van der Waals surface area contributed by atoms with Crippen LogP contribution in [-0.2, 0) is 14.8 Å². The van der Waals surface area contributed by atoms with Crippen LogP contribution in [0, 0.1) is 11.6 Å². The molecule has 226 valence electrons. The maximum Gasteiger partial charge on any atom is 0.410 e. The number of methoxy groups -OCH3 is 1. The van der Waals surface area contributed by atoms with Gasteiger partial charge in [0.15, 0.2) is 0 Å². The number of ether oxygens (including phenoxy) is 2. The van der Waals surface area contributed by atoms with E-state index in [1.807, 2.05) is 26.8 Å². The van der Waals surface area contributed by atoms with E-state index in [1.54, 1.807) is 17.0 Å². The van der Waals surface area contributed by atoms with Crippen molar-refractivity contribution in [1.29, 1.82) is 0 Å². The number of nitrogens with one attached hydrogen (secondary N) is 1. The van der Waals surface area contributed by atoms with Gasteiger partial charge in [-0.2, -0.15) is 0 Å². The van der Waals surface area contributed by atoms with Crippen LogP contribution in [0.15, 0.2) is 59.9 Å². The highest BCUT2D eigenvalue weighted by Gasteiger charge is 2.28. The minimum Gasteiger partial charge on any atom is -0.480 e. The molecule has 1 fully saturated rings. The van der Waals surface area contributed by atoms with Gasteiger partial charge in [0.1, 0.15) is 34.3 Å². The van der Waals surface area contributed by atoms with E-state index in [0.29, 0.717) is 54.7 Å². The fourth-order valence-electron chi connectivity index (χ4n) is 4.61. The number of nitrogens with zero attached hydrogens (tertiary/aromatic N) is 5. The number of halogens is 2. The highest BCUT2D eigenvalue weighted by atomic mass is 32.2. The van der Waals surface area contributed by atoms with E-state index in [9.17, 15) is 22.0 Å². The molecule has 43 heavy (non-hydrogen) atoms. The molecule has 0 radical (unpaired) electrons. The summed E-state index contributed by atoms with van der Waals surface area (Å²) < 4.78 is 66.9. The summed E-state index contributed by atoms with van der Waals surface area (Å²) in [5, 5.41) is 0.720. The molecule has 1 aliphatic heterocycles. The van der Waals surface area contributed by atoms with Gasteiger partial charge in [0.05, 0.1) is 18.3 Å². The Labute approximate surface area is 247 Å². The van der Waals surface area contributed by atoms with Crippen molar-refractivity contribution in [2.24, 2.45) is 0 Å². The highest BCUT2D eigenvalue weighted by molar-refractivity contribution is 7.92. The first kappa shape index (κ1) is 29.9. The number of piperazine rings is 1. The molecule has 1 amide bonds. The molecule has 3 heterocycles. The van der Waals surface area contributed by atoms with Crippen molar-refractivity contribution in [3.05, 3.63) is 66.6 Å². The lowest BCUT2D eigenvalue weighted by Crippen LogP contribution is -2.50. The van der Waals surface area contributed by atoms with Crippen molar-refractivity contribution in [2.75, 3.05) is 42.9 Å². The average Bonchev–Trinajstić information content (AvgIpc) is 2.97. The number of hydrogen-bond acceptors (Lipinski definition) is 9. The van der Waals surface area contributed by atoms with Gasteiger partial charge in [0, 0.05) is 49.4 Å². The molecule has 0 atom stereocenters. The number of sulfonamides is 1. The fourth-order valence-corrected chi connectivity index (χ4v) is 5.82. The number of hydrogen-bond donors (Lipinski definition) is 1. The predicted molar refractivity (Wildman–Crippen MR) is 157 cm³/mol. The Morgan fingerprint density at radius 3 is 2.37 bits per heavy atom. The summed E-state index contributed by atoms with van der Waals surface area (Å²) in [6.45, 7) is 7.41. The lowest BCUT2D eigenvalue weighted by atomic mass is 10.0. The number of anilines is 2. The maximum absolute atomic E-state index is 14.2. The lowest BCUT2D eigenvalue weighted by molar-refractivity contribution is 0.0240. The van der Waals surface area contributed by atoms with Gasteiger partial charge < -0.3 is 19.3 Å². The zero-order valence-corrected chi connectivity index (χ0v) is 24.8. The standard InChI is InChI=1S/C29H30F2N6O5S/c1-29(2,3)42-28(38)37-11-9-36(10-12-37)26-21-13-18(5-7-23(21)33-17-34-26)19-14-25(27(41-4)32-16-19)43(39,40)35-24-8-6-20(30)15-22(24)31/h5-8,13-17,35H,9-12H2,1-4H3. The third-order valence-electron chi connectivity index (χ3n) is 6.66. The zero-order chi connectivity index (χ0) is 30.9. The summed E-state index contributed by atoms with van der Waals surface area (Å²) >= 11 is 0. The maximum atomic E-state index is 14.2. The molecule has 2 aromatic heterocycles. The van der Waals surface area contributed by atoms with Crippen LogP contribution in [0.5, 0.6) is 5.88 Å². The van der Waals surface area contributed by atoms with Gasteiger partial charge in [0.25, 0.3) is 10.0 Å². The second kappa shape index (κ2) is 11.6. The van der Waals surface area contributed by atoms with Gasteiger partial charge in [-0.25, -0.2) is 36.9 Å². The number of amides is 1. The number of benzene rings is 2. The molecule has 4 aromatic rings. The van der Waals surface area contributed by atoms with E-state index in [2.05, 4.69) is 24.6 Å². The topological polar surface area (TPSA) is 127 Å². The second-order valence-corrected chi connectivity index (χ2v) is 12.5. The molecule has 1 saturated heterocycles. The lowest BCUT2D eigenvalue weighted by Gasteiger charge is -2.36. The Bertz CT molecular complexity index is 1790. The van der Waals surface area contributed by atoms with E-state index < -0.39 is 32.9 Å². The van der Waals surface area contributed by atoms with Crippen molar-refractivity contribution in [3.63, 3.8) is 0 Å². The molecule has 0 saturated carbocycles. The molecule has 0 spiro atoms. The smallest absolute Gasteiger partial charge is 0.410 e. The van der Waals surface area contributed by atoms with Gasteiger partial charge in [0.2, 0.25) is 5.88 Å². The first-order valence-corrected chi connectivity index (χ1v) is 14.8. The Morgan fingerprint density at radius 2 is 1.70 bits per heavy atom. The quantitative estimate of drug-likeness (QED) is 0.326. The Kier molecular flexibility index (Phi) is 8.06. The van der Waals surface area contributed by atoms with E-state index in [1.165, 1.54) is 25.7 Å². The fraction of sp³-hybridized carbons (Fsp3) is 0.310. The number of aromatic nitrogens is 3. The molecular formula is C29H30F2N6O5S. The highest BCUT2D eigenvalue weighted by Crippen LogP contribution is 2.33. The average molecular weight is 613 g/mol. The minimum absolute atomic E-state index is 0.202. The monoisotopic (exact) mass is 612 g/mol. The summed E-state index contributed by atoms with van der Waals surface area (Å²) in [5.41, 5.74) is 0.720. The summed E-state index contributed by atoms with van der Waals surface area (Å²) in [6.07, 6.45) is 2.56. The van der Waals surface area contributed by atoms with E-state index >= 15 is 0 Å². The van der Waals surface area contributed by atoms with Gasteiger partial charge in [-0.05, 0) is 56.7 Å². The van der Waals surface area contributed by atoms with Crippen LogP contribution in [0.3, 0.4) is 0 Å². The van der Waals surface area contributed by atoms with Crippen LogP contribution in [0.1, 0.15) is 20.8 Å². The molecule has 0 bridgehead atoms. The van der Waals surface area contributed by atoms with Gasteiger partial charge in [-0.15, -0.1) is 0 Å². The summed E-state index contributed by atoms with van der Waals surface area (Å²) in [6, 6.07) is 9.26. The first-order chi connectivity index (χ1) is 20.3. The molecular weight excluding hydrogens is 582 g/mol. The molecule has 14 heteroatoms. The van der Waals surface area contributed by atoms with Crippen LogP contribution in [-0.4, -0.2) is 73.3 Å². The summed E-state index contributed by atoms with van der Waals surface area (Å²) in [7, 11) is -3.12. The van der Waals surface area contributed by atoms with E-state index in [-0.39, 0.29) is 16.9 Å². The van der Waals surface area contributed by atoms with Gasteiger partial charge >= 0.3 is 6.09 Å². The first-order valence-electron chi connectivity index (χ1n) is 13.3. The Morgan fingerprint density at radius 1 is 0.953 bits per heavy atom. The minimum atomic E-state index is -4.39. The summed E-state index contributed by atoms with van der Waals surface area (Å²) in [4.78, 5) is 29.0. The molecule has 1 N–H and O–H groups in total. The van der Waals surface area contributed by atoms with Crippen LogP contribution >= 0.6 is 0 Å². The number of carbonyl (C=O) groups excluding carboxylic acids is 1. The largest absolute Gasteiger partial charge is 0.480 e. The molecule has 2 aromatic carbocycles. The van der Waals surface area contributed by atoms with Crippen molar-refractivity contribution >= 4 is 38.5 Å². The van der Waals surface area contributed by atoms with Crippen LogP contribution in [0.4, 0.5) is 25.1 Å². The van der Waals surface area contributed by atoms with Gasteiger partial charge in [-0.1, -0.05) is 6.07 Å². The molecule has 11 nitrogen and oxygen atoms in total. The number of carbonyl (C=O) groups is 1. The van der Waals surface area contributed by atoms with Crippen LogP contribution in [0.2, 0.25) is 0 Å². The Hall–Kier alpha value is -4.59. The van der Waals surface area contributed by atoms with Crippen molar-refractivity contribution in [2.45, 2.75) is 31.3 Å². The van der Waals surface area contributed by atoms with Crippen LogP contribution < -0.4 is 14.4 Å². The number of rotatable bonds is 6.